The highest BCUT2D eigenvalue weighted by Crippen LogP contribution is 2.24. The predicted octanol–water partition coefficient (Wildman–Crippen LogP) is 1.14. The molecule has 0 aromatic carbocycles. The second-order valence-corrected chi connectivity index (χ2v) is 4.66. The lowest BCUT2D eigenvalue weighted by molar-refractivity contribution is 0.0690. The number of carbonyl (C=O) groups is 1. The molecule has 1 saturated carbocycles. The number of anilines is 1. The summed E-state index contributed by atoms with van der Waals surface area (Å²) < 4.78 is 0. The van der Waals surface area contributed by atoms with E-state index in [1.54, 1.807) is 0 Å². The van der Waals surface area contributed by atoms with Gasteiger partial charge in [-0.05, 0) is 25.2 Å². The largest absolute Gasteiger partial charge is 0.476 e. The first-order valence-corrected chi connectivity index (χ1v) is 6.12. The molecular formula is C12H17N3O3. The number of hydrogen-bond donors (Lipinski definition) is 3. The van der Waals surface area contributed by atoms with E-state index in [1.165, 1.54) is 12.4 Å². The number of aliphatic hydroxyl groups excluding tert-OH is 1. The Morgan fingerprint density at radius 2 is 2.28 bits per heavy atom. The van der Waals surface area contributed by atoms with Crippen LogP contribution in [0.3, 0.4) is 0 Å². The lowest BCUT2D eigenvalue weighted by Gasteiger charge is -2.26. The number of nitrogens with one attached hydrogen (secondary N) is 1. The van der Waals surface area contributed by atoms with Crippen LogP contribution in [0.1, 0.15) is 36.2 Å². The zero-order valence-corrected chi connectivity index (χ0v) is 10.0. The predicted molar refractivity (Wildman–Crippen MR) is 65.4 cm³/mol. The number of nitrogens with zero attached hydrogens (tertiary/aromatic N) is 2. The Hall–Kier alpha value is -1.69. The van der Waals surface area contributed by atoms with Crippen LogP contribution in [0, 0.1) is 5.92 Å². The van der Waals surface area contributed by atoms with Gasteiger partial charge in [0.15, 0.2) is 5.69 Å². The molecule has 1 aliphatic rings. The second-order valence-electron chi connectivity index (χ2n) is 4.66. The summed E-state index contributed by atoms with van der Waals surface area (Å²) in [5.41, 5.74) is -0.0660. The van der Waals surface area contributed by atoms with Crippen molar-refractivity contribution >= 4 is 11.8 Å². The van der Waals surface area contributed by atoms with E-state index < -0.39 is 5.97 Å². The Bertz CT molecular complexity index is 425. The molecule has 98 valence electrons. The number of aliphatic hydroxyl groups is 1. The SMILES string of the molecule is O=C(O)c1cncc(NCC2CCCC(O)C2)n1. The van der Waals surface area contributed by atoms with Crippen LogP contribution in [0.25, 0.3) is 0 Å². The molecule has 1 aliphatic carbocycles. The van der Waals surface area contributed by atoms with Crippen molar-refractivity contribution in [2.45, 2.75) is 31.8 Å². The molecule has 0 bridgehead atoms. The van der Waals surface area contributed by atoms with Gasteiger partial charge in [-0.1, -0.05) is 6.42 Å². The van der Waals surface area contributed by atoms with Gasteiger partial charge in [0.05, 0.1) is 18.5 Å². The van der Waals surface area contributed by atoms with Gasteiger partial charge >= 0.3 is 5.97 Å². The van der Waals surface area contributed by atoms with Crippen molar-refractivity contribution in [2.75, 3.05) is 11.9 Å². The minimum absolute atomic E-state index is 0.0660. The lowest BCUT2D eigenvalue weighted by Crippen LogP contribution is -2.25. The van der Waals surface area contributed by atoms with E-state index in [1.807, 2.05) is 0 Å². The Kier molecular flexibility index (Phi) is 4.09. The minimum Gasteiger partial charge on any atom is -0.476 e. The van der Waals surface area contributed by atoms with Crippen LogP contribution in [0.15, 0.2) is 12.4 Å². The number of carboxylic acid groups (broad SMARTS) is 1. The van der Waals surface area contributed by atoms with Gasteiger partial charge in [0.25, 0.3) is 0 Å². The first kappa shape index (κ1) is 12.8. The molecule has 2 unspecified atom stereocenters. The number of carboxylic acids is 1. The molecule has 0 radical (unpaired) electrons. The van der Waals surface area contributed by atoms with E-state index in [4.69, 9.17) is 5.11 Å². The average Bonchev–Trinajstić information content (AvgIpc) is 2.37. The highest BCUT2D eigenvalue weighted by Gasteiger charge is 2.20. The van der Waals surface area contributed by atoms with E-state index in [9.17, 15) is 9.90 Å². The van der Waals surface area contributed by atoms with Crippen molar-refractivity contribution in [3.05, 3.63) is 18.1 Å². The summed E-state index contributed by atoms with van der Waals surface area (Å²) in [5.74, 6) is -0.210. The Morgan fingerprint density at radius 1 is 1.44 bits per heavy atom. The third-order valence-electron chi connectivity index (χ3n) is 3.18. The van der Waals surface area contributed by atoms with E-state index in [2.05, 4.69) is 15.3 Å². The fourth-order valence-corrected chi connectivity index (χ4v) is 2.25. The molecule has 2 rings (SSSR count). The average molecular weight is 251 g/mol. The van der Waals surface area contributed by atoms with Crippen molar-refractivity contribution in [1.29, 1.82) is 0 Å². The van der Waals surface area contributed by atoms with Gasteiger partial charge in [0.2, 0.25) is 0 Å². The molecule has 3 N–H and O–H groups in total. The van der Waals surface area contributed by atoms with Crippen LogP contribution in [-0.4, -0.2) is 38.8 Å². The van der Waals surface area contributed by atoms with Gasteiger partial charge in [-0.25, -0.2) is 9.78 Å². The summed E-state index contributed by atoms with van der Waals surface area (Å²) in [6, 6.07) is 0. The number of hydrogen-bond acceptors (Lipinski definition) is 5. The Labute approximate surface area is 105 Å². The van der Waals surface area contributed by atoms with Crippen LogP contribution in [0.5, 0.6) is 0 Å². The highest BCUT2D eigenvalue weighted by atomic mass is 16.4. The third-order valence-corrected chi connectivity index (χ3v) is 3.18. The topological polar surface area (TPSA) is 95.3 Å². The van der Waals surface area contributed by atoms with Crippen LogP contribution in [-0.2, 0) is 0 Å². The molecule has 6 nitrogen and oxygen atoms in total. The smallest absolute Gasteiger partial charge is 0.356 e. The molecule has 0 aliphatic heterocycles. The summed E-state index contributed by atoms with van der Waals surface area (Å²) in [6.45, 7) is 0.689. The van der Waals surface area contributed by atoms with Gasteiger partial charge in [0.1, 0.15) is 5.82 Å². The highest BCUT2D eigenvalue weighted by molar-refractivity contribution is 5.85. The number of aromatic nitrogens is 2. The van der Waals surface area contributed by atoms with E-state index >= 15 is 0 Å². The van der Waals surface area contributed by atoms with Gasteiger partial charge in [-0.2, -0.15) is 0 Å². The minimum atomic E-state index is -1.08. The van der Waals surface area contributed by atoms with E-state index in [0.29, 0.717) is 18.3 Å². The van der Waals surface area contributed by atoms with Crippen LogP contribution in [0.4, 0.5) is 5.82 Å². The molecule has 1 fully saturated rings. The zero-order valence-electron chi connectivity index (χ0n) is 10.0. The van der Waals surface area contributed by atoms with Crippen molar-refractivity contribution in [2.24, 2.45) is 5.92 Å². The monoisotopic (exact) mass is 251 g/mol. The summed E-state index contributed by atoms with van der Waals surface area (Å²) in [7, 11) is 0. The molecule has 0 spiro atoms. The maximum absolute atomic E-state index is 10.7. The molecule has 18 heavy (non-hydrogen) atoms. The Morgan fingerprint density at radius 3 is 3.00 bits per heavy atom. The van der Waals surface area contributed by atoms with E-state index in [0.717, 1.165) is 25.7 Å². The maximum atomic E-state index is 10.7. The van der Waals surface area contributed by atoms with Crippen molar-refractivity contribution < 1.29 is 15.0 Å². The molecule has 1 aromatic rings. The summed E-state index contributed by atoms with van der Waals surface area (Å²) in [4.78, 5) is 18.5. The summed E-state index contributed by atoms with van der Waals surface area (Å²) in [5, 5.41) is 21.4. The number of rotatable bonds is 4. The summed E-state index contributed by atoms with van der Waals surface area (Å²) >= 11 is 0. The lowest BCUT2D eigenvalue weighted by atomic mass is 9.87. The summed E-state index contributed by atoms with van der Waals surface area (Å²) in [6.07, 6.45) is 6.31. The molecular weight excluding hydrogens is 234 g/mol. The second kappa shape index (κ2) is 5.77. The van der Waals surface area contributed by atoms with Crippen molar-refractivity contribution in [3.63, 3.8) is 0 Å². The standard InChI is InChI=1S/C12H17N3O3/c16-9-3-1-2-8(4-9)5-14-11-7-13-6-10(15-11)12(17)18/h6-9,16H,1-5H2,(H,14,15)(H,17,18). The van der Waals surface area contributed by atoms with Crippen molar-refractivity contribution in [3.8, 4) is 0 Å². The fourth-order valence-electron chi connectivity index (χ4n) is 2.25. The molecule has 1 aromatic heterocycles. The molecule has 6 heteroatoms. The van der Waals surface area contributed by atoms with Crippen LogP contribution >= 0.6 is 0 Å². The zero-order chi connectivity index (χ0) is 13.0. The fraction of sp³-hybridized carbons (Fsp3) is 0.583. The van der Waals surface area contributed by atoms with Gasteiger partial charge in [-0.15, -0.1) is 0 Å². The first-order chi connectivity index (χ1) is 8.65. The maximum Gasteiger partial charge on any atom is 0.356 e. The third kappa shape index (κ3) is 3.40. The van der Waals surface area contributed by atoms with Crippen LogP contribution < -0.4 is 5.32 Å². The van der Waals surface area contributed by atoms with Gasteiger partial charge < -0.3 is 15.5 Å². The normalized spacial score (nSPS) is 23.6. The molecule has 1 heterocycles. The number of aromatic carboxylic acids is 1. The van der Waals surface area contributed by atoms with Gasteiger partial charge in [0, 0.05) is 6.54 Å². The van der Waals surface area contributed by atoms with E-state index in [-0.39, 0.29) is 11.8 Å². The molecule has 0 saturated heterocycles. The molecule has 2 atom stereocenters. The Balaban J connectivity index is 1.89. The van der Waals surface area contributed by atoms with Gasteiger partial charge in [-0.3, -0.25) is 4.98 Å². The quantitative estimate of drug-likeness (QED) is 0.742. The first-order valence-electron chi connectivity index (χ1n) is 6.12. The molecule has 0 amide bonds. The van der Waals surface area contributed by atoms with Crippen LogP contribution in [0.2, 0.25) is 0 Å². The van der Waals surface area contributed by atoms with Crippen molar-refractivity contribution in [1.82, 2.24) is 9.97 Å².